The first-order valence-electron chi connectivity index (χ1n) is 7.68. The number of anilines is 1. The van der Waals surface area contributed by atoms with E-state index in [1.165, 1.54) is 0 Å². The molecular formula is C17H16N4O2S. The Balaban J connectivity index is 1.34. The van der Waals surface area contributed by atoms with Crippen LogP contribution in [0, 0.1) is 6.92 Å². The Labute approximate surface area is 143 Å². The molecule has 122 valence electrons. The van der Waals surface area contributed by atoms with Crippen LogP contribution in [0.1, 0.15) is 17.4 Å². The molecule has 0 atom stereocenters. The second-order valence-electron chi connectivity index (χ2n) is 5.87. The number of aromatic nitrogens is 2. The van der Waals surface area contributed by atoms with Crippen molar-refractivity contribution in [3.05, 3.63) is 52.5 Å². The third-order valence-corrected chi connectivity index (χ3v) is 4.73. The summed E-state index contributed by atoms with van der Waals surface area (Å²) < 4.78 is 5.34. The molecule has 1 fully saturated rings. The van der Waals surface area contributed by atoms with E-state index in [4.69, 9.17) is 4.52 Å². The van der Waals surface area contributed by atoms with Crippen LogP contribution in [-0.2, 0) is 0 Å². The van der Waals surface area contributed by atoms with Crippen LogP contribution in [0.3, 0.4) is 0 Å². The molecule has 3 heterocycles. The fraction of sp³-hybridized carbons (Fsp3) is 0.235. The molecule has 0 bridgehead atoms. The van der Waals surface area contributed by atoms with E-state index in [1.807, 2.05) is 48.0 Å². The topological polar surface area (TPSA) is 71.3 Å². The van der Waals surface area contributed by atoms with Crippen molar-refractivity contribution in [2.24, 2.45) is 0 Å². The Morgan fingerprint density at radius 1 is 1.29 bits per heavy atom. The van der Waals surface area contributed by atoms with Gasteiger partial charge >= 0.3 is 6.03 Å². The second-order valence-corrected chi connectivity index (χ2v) is 6.65. The molecule has 1 N–H and O–H groups in total. The second kappa shape index (κ2) is 6.09. The molecule has 4 rings (SSSR count). The maximum atomic E-state index is 12.2. The molecule has 2 amide bonds. The number of nitrogens with one attached hydrogen (secondary N) is 1. The van der Waals surface area contributed by atoms with Crippen LogP contribution >= 0.6 is 11.3 Å². The fourth-order valence-electron chi connectivity index (χ4n) is 2.55. The van der Waals surface area contributed by atoms with Gasteiger partial charge in [-0.1, -0.05) is 22.9 Å². The van der Waals surface area contributed by atoms with Crippen LogP contribution in [0.25, 0.3) is 11.4 Å². The van der Waals surface area contributed by atoms with Crippen LogP contribution in [0.2, 0.25) is 0 Å². The summed E-state index contributed by atoms with van der Waals surface area (Å²) in [5.74, 6) is 1.30. The molecule has 6 nitrogen and oxygen atoms in total. The van der Waals surface area contributed by atoms with Crippen molar-refractivity contribution < 1.29 is 9.32 Å². The minimum absolute atomic E-state index is 0.104. The summed E-state index contributed by atoms with van der Waals surface area (Å²) in [6.45, 7) is 3.19. The third kappa shape index (κ3) is 2.90. The van der Waals surface area contributed by atoms with Crippen molar-refractivity contribution in [3.8, 4) is 11.4 Å². The SMILES string of the molecule is Cc1ccc(NC(=O)N2CC(c3nc(-c4ccsc4)no3)C2)cc1. The Morgan fingerprint density at radius 3 is 2.79 bits per heavy atom. The van der Waals surface area contributed by atoms with Gasteiger partial charge in [-0.05, 0) is 30.5 Å². The number of rotatable bonds is 3. The van der Waals surface area contributed by atoms with Gasteiger partial charge in [0.05, 0.1) is 5.92 Å². The van der Waals surface area contributed by atoms with Crippen LogP contribution in [-0.4, -0.2) is 34.2 Å². The summed E-state index contributed by atoms with van der Waals surface area (Å²) in [6, 6.07) is 9.59. The highest BCUT2D eigenvalue weighted by Crippen LogP contribution is 2.28. The number of hydrogen-bond acceptors (Lipinski definition) is 5. The number of amides is 2. The first-order valence-corrected chi connectivity index (χ1v) is 8.62. The maximum Gasteiger partial charge on any atom is 0.321 e. The summed E-state index contributed by atoms with van der Waals surface area (Å²) >= 11 is 1.60. The lowest BCUT2D eigenvalue weighted by atomic mass is 10.0. The molecule has 24 heavy (non-hydrogen) atoms. The Hall–Kier alpha value is -2.67. The van der Waals surface area contributed by atoms with Crippen molar-refractivity contribution in [1.29, 1.82) is 0 Å². The quantitative estimate of drug-likeness (QED) is 0.788. The predicted octanol–water partition coefficient (Wildman–Crippen LogP) is 3.74. The summed E-state index contributed by atoms with van der Waals surface area (Å²) in [4.78, 5) is 18.4. The van der Waals surface area contributed by atoms with Gasteiger partial charge in [-0.2, -0.15) is 16.3 Å². The number of benzene rings is 1. The molecule has 0 radical (unpaired) electrons. The summed E-state index contributed by atoms with van der Waals surface area (Å²) in [5, 5.41) is 10.9. The average Bonchev–Trinajstić information content (AvgIpc) is 3.19. The zero-order valence-corrected chi connectivity index (χ0v) is 13.9. The van der Waals surface area contributed by atoms with Gasteiger partial charge in [-0.3, -0.25) is 0 Å². The van der Waals surface area contributed by atoms with E-state index in [0.29, 0.717) is 24.8 Å². The van der Waals surface area contributed by atoms with Crippen molar-refractivity contribution in [2.75, 3.05) is 18.4 Å². The van der Waals surface area contributed by atoms with E-state index in [1.54, 1.807) is 16.2 Å². The molecule has 0 aliphatic carbocycles. The summed E-state index contributed by atoms with van der Waals surface area (Å²) in [5.41, 5.74) is 2.92. The van der Waals surface area contributed by atoms with Crippen molar-refractivity contribution in [3.63, 3.8) is 0 Å². The normalized spacial score (nSPS) is 14.5. The van der Waals surface area contributed by atoms with E-state index in [9.17, 15) is 4.79 Å². The van der Waals surface area contributed by atoms with Crippen LogP contribution in [0.4, 0.5) is 10.5 Å². The Morgan fingerprint density at radius 2 is 2.08 bits per heavy atom. The number of thiophene rings is 1. The lowest BCUT2D eigenvalue weighted by Gasteiger charge is -2.36. The highest BCUT2D eigenvalue weighted by atomic mass is 32.1. The third-order valence-electron chi connectivity index (χ3n) is 4.04. The number of carbonyl (C=O) groups excluding carboxylic acids is 1. The van der Waals surface area contributed by atoms with Gasteiger partial charge < -0.3 is 14.7 Å². The first-order chi connectivity index (χ1) is 11.7. The van der Waals surface area contributed by atoms with E-state index >= 15 is 0 Å². The van der Waals surface area contributed by atoms with E-state index in [0.717, 1.165) is 16.8 Å². The van der Waals surface area contributed by atoms with E-state index in [2.05, 4.69) is 15.5 Å². The minimum Gasteiger partial charge on any atom is -0.339 e. The largest absolute Gasteiger partial charge is 0.339 e. The van der Waals surface area contributed by atoms with Crippen molar-refractivity contribution in [2.45, 2.75) is 12.8 Å². The van der Waals surface area contributed by atoms with Crippen LogP contribution in [0.5, 0.6) is 0 Å². The van der Waals surface area contributed by atoms with Gasteiger partial charge in [-0.15, -0.1) is 0 Å². The molecule has 1 aliphatic rings. The fourth-order valence-corrected chi connectivity index (χ4v) is 3.18. The molecular weight excluding hydrogens is 324 g/mol. The van der Waals surface area contributed by atoms with Gasteiger partial charge in [0.1, 0.15) is 0 Å². The number of hydrogen-bond donors (Lipinski definition) is 1. The monoisotopic (exact) mass is 340 g/mol. The van der Waals surface area contributed by atoms with Crippen molar-refractivity contribution >= 4 is 23.1 Å². The van der Waals surface area contributed by atoms with Gasteiger partial charge in [0.15, 0.2) is 0 Å². The van der Waals surface area contributed by atoms with Gasteiger partial charge in [0.25, 0.3) is 0 Å². The summed E-state index contributed by atoms with van der Waals surface area (Å²) in [7, 11) is 0. The molecule has 2 aromatic heterocycles. The predicted molar refractivity (Wildman–Crippen MR) is 92.1 cm³/mol. The number of aryl methyl sites for hydroxylation is 1. The van der Waals surface area contributed by atoms with Crippen molar-refractivity contribution in [1.82, 2.24) is 15.0 Å². The molecule has 7 heteroatoms. The number of nitrogens with zero attached hydrogens (tertiary/aromatic N) is 3. The lowest BCUT2D eigenvalue weighted by molar-refractivity contribution is 0.147. The first kappa shape index (κ1) is 14.9. The number of urea groups is 1. The van der Waals surface area contributed by atoms with E-state index in [-0.39, 0.29) is 11.9 Å². The van der Waals surface area contributed by atoms with Gasteiger partial charge in [0, 0.05) is 29.7 Å². The van der Waals surface area contributed by atoms with Gasteiger partial charge in [-0.25, -0.2) is 4.79 Å². The molecule has 0 saturated carbocycles. The smallest absolute Gasteiger partial charge is 0.321 e. The molecule has 1 saturated heterocycles. The lowest BCUT2D eigenvalue weighted by Crippen LogP contribution is -2.50. The minimum atomic E-state index is -0.104. The number of carbonyl (C=O) groups is 1. The molecule has 0 unspecified atom stereocenters. The zero-order valence-electron chi connectivity index (χ0n) is 13.1. The Kier molecular flexibility index (Phi) is 3.78. The number of likely N-dealkylation sites (tertiary alicyclic amines) is 1. The molecule has 1 aliphatic heterocycles. The molecule has 0 spiro atoms. The Bertz CT molecular complexity index is 836. The highest BCUT2D eigenvalue weighted by Gasteiger charge is 2.35. The standard InChI is InChI=1S/C17H16N4O2S/c1-11-2-4-14(5-3-11)18-17(22)21-8-13(9-21)16-19-15(20-23-16)12-6-7-24-10-12/h2-7,10,13H,8-9H2,1H3,(H,18,22). The van der Waals surface area contributed by atoms with Gasteiger partial charge in [0.2, 0.25) is 11.7 Å². The van der Waals surface area contributed by atoms with E-state index < -0.39 is 0 Å². The molecule has 3 aromatic rings. The zero-order chi connectivity index (χ0) is 16.5. The summed E-state index contributed by atoms with van der Waals surface area (Å²) in [6.07, 6.45) is 0. The molecule has 1 aromatic carbocycles. The van der Waals surface area contributed by atoms with Crippen LogP contribution in [0.15, 0.2) is 45.6 Å². The maximum absolute atomic E-state index is 12.2. The van der Waals surface area contributed by atoms with Crippen LogP contribution < -0.4 is 5.32 Å². The highest BCUT2D eigenvalue weighted by molar-refractivity contribution is 7.08. The average molecular weight is 340 g/mol.